The van der Waals surface area contributed by atoms with Gasteiger partial charge in [0.25, 0.3) is 0 Å². The van der Waals surface area contributed by atoms with Gasteiger partial charge in [-0.25, -0.2) is 0 Å². The maximum atomic E-state index is 6.08. The first-order chi connectivity index (χ1) is 10.8. The number of hydrogen-bond acceptors (Lipinski definition) is 2. The van der Waals surface area contributed by atoms with Crippen molar-refractivity contribution in [3.63, 3.8) is 0 Å². The summed E-state index contributed by atoms with van der Waals surface area (Å²) in [7, 11) is 0. The highest BCUT2D eigenvalue weighted by atomic mass is 32.2. The van der Waals surface area contributed by atoms with Gasteiger partial charge in [-0.05, 0) is 91.4 Å². The first-order valence-electron chi connectivity index (χ1n) is 9.21. The van der Waals surface area contributed by atoms with Crippen LogP contribution in [0.4, 0.5) is 0 Å². The lowest BCUT2D eigenvalue weighted by Crippen LogP contribution is -2.16. The van der Waals surface area contributed by atoms with E-state index >= 15 is 0 Å². The van der Waals surface area contributed by atoms with Gasteiger partial charge in [-0.2, -0.15) is 11.8 Å². The normalized spacial score (nSPS) is 27.8. The molecule has 0 spiro atoms. The van der Waals surface area contributed by atoms with Crippen molar-refractivity contribution < 1.29 is 0 Å². The van der Waals surface area contributed by atoms with Gasteiger partial charge in [0.1, 0.15) is 0 Å². The van der Waals surface area contributed by atoms with Crippen LogP contribution in [0, 0.1) is 5.92 Å². The van der Waals surface area contributed by atoms with E-state index in [9.17, 15) is 0 Å². The fraction of sp³-hybridized carbons (Fsp3) is 0.700. The Morgan fingerprint density at radius 1 is 1.14 bits per heavy atom. The molecular formula is C20H31NS. The summed E-state index contributed by atoms with van der Waals surface area (Å²) in [6, 6.07) is 7.78. The van der Waals surface area contributed by atoms with Crippen molar-refractivity contribution in [1.82, 2.24) is 0 Å². The largest absolute Gasteiger partial charge is 0.328 e. The molecule has 3 unspecified atom stereocenters. The molecule has 0 aliphatic heterocycles. The van der Waals surface area contributed by atoms with Gasteiger partial charge in [0.2, 0.25) is 0 Å². The Bertz CT molecular complexity index is 485. The molecule has 2 N–H and O–H groups in total. The van der Waals surface area contributed by atoms with Crippen LogP contribution in [0.25, 0.3) is 0 Å². The van der Waals surface area contributed by atoms with Crippen molar-refractivity contribution in [2.45, 2.75) is 70.3 Å². The zero-order valence-corrected chi connectivity index (χ0v) is 14.8. The lowest BCUT2D eigenvalue weighted by atomic mass is 9.81. The number of thioether (sulfide) groups is 1. The van der Waals surface area contributed by atoms with Crippen molar-refractivity contribution in [2.24, 2.45) is 11.7 Å². The quantitative estimate of drug-likeness (QED) is 0.754. The topological polar surface area (TPSA) is 26.0 Å². The van der Waals surface area contributed by atoms with Crippen LogP contribution in [0.3, 0.4) is 0 Å². The van der Waals surface area contributed by atoms with E-state index in [0.717, 1.165) is 11.8 Å². The van der Waals surface area contributed by atoms with Crippen LogP contribution in [0.5, 0.6) is 0 Å². The molecule has 2 heteroatoms. The summed E-state index contributed by atoms with van der Waals surface area (Å²) in [6.45, 7) is 2.28. The molecule has 1 saturated carbocycles. The molecule has 0 heterocycles. The van der Waals surface area contributed by atoms with Gasteiger partial charge >= 0.3 is 0 Å². The minimum absolute atomic E-state index is 0.436. The fourth-order valence-corrected chi connectivity index (χ4v) is 5.16. The van der Waals surface area contributed by atoms with Gasteiger partial charge in [0.15, 0.2) is 0 Å². The number of hydrogen-bond donors (Lipinski definition) is 1. The standard InChI is InChI=1S/C20H31NS/c1-2-10-22-11-9-15-3-4-17-13-18(6-5-16(17)12-15)19-7-8-20(21)14-19/h5-6,13,15,19-20H,2-4,7-12,14,21H2,1H3. The summed E-state index contributed by atoms with van der Waals surface area (Å²) in [4.78, 5) is 0. The molecule has 0 amide bonds. The Balaban J connectivity index is 1.57. The molecule has 0 bridgehead atoms. The van der Waals surface area contributed by atoms with E-state index < -0.39 is 0 Å². The SMILES string of the molecule is CCCSCCC1CCc2cc(C3CCC(N)C3)ccc2C1. The molecule has 1 fully saturated rings. The summed E-state index contributed by atoms with van der Waals surface area (Å²) in [5.74, 6) is 4.33. The zero-order chi connectivity index (χ0) is 15.4. The van der Waals surface area contributed by atoms with Gasteiger partial charge in [0, 0.05) is 6.04 Å². The van der Waals surface area contributed by atoms with Crippen molar-refractivity contribution in [3.8, 4) is 0 Å². The summed E-state index contributed by atoms with van der Waals surface area (Å²) in [5, 5.41) is 0. The van der Waals surface area contributed by atoms with Gasteiger partial charge < -0.3 is 5.73 Å². The van der Waals surface area contributed by atoms with Crippen molar-refractivity contribution in [3.05, 3.63) is 34.9 Å². The molecule has 2 aliphatic carbocycles. The van der Waals surface area contributed by atoms with Crippen LogP contribution in [0.2, 0.25) is 0 Å². The highest BCUT2D eigenvalue weighted by molar-refractivity contribution is 7.99. The second-order valence-electron chi connectivity index (χ2n) is 7.31. The molecule has 22 heavy (non-hydrogen) atoms. The van der Waals surface area contributed by atoms with Crippen LogP contribution < -0.4 is 5.73 Å². The van der Waals surface area contributed by atoms with Crippen molar-refractivity contribution in [2.75, 3.05) is 11.5 Å². The predicted molar refractivity (Wildman–Crippen MR) is 98.8 cm³/mol. The van der Waals surface area contributed by atoms with Gasteiger partial charge in [-0.3, -0.25) is 0 Å². The number of benzene rings is 1. The monoisotopic (exact) mass is 317 g/mol. The molecule has 2 aliphatic rings. The number of aryl methyl sites for hydroxylation is 1. The average Bonchev–Trinajstić information content (AvgIpc) is 2.97. The minimum Gasteiger partial charge on any atom is -0.328 e. The first kappa shape index (κ1) is 16.4. The fourth-order valence-electron chi connectivity index (χ4n) is 4.17. The van der Waals surface area contributed by atoms with E-state index in [4.69, 9.17) is 5.73 Å². The maximum Gasteiger partial charge on any atom is 0.00448 e. The Morgan fingerprint density at radius 2 is 2.05 bits per heavy atom. The van der Waals surface area contributed by atoms with E-state index in [-0.39, 0.29) is 0 Å². The van der Waals surface area contributed by atoms with Gasteiger partial charge in [0.05, 0.1) is 0 Å². The molecule has 1 nitrogen and oxygen atoms in total. The molecule has 3 rings (SSSR count). The lowest BCUT2D eigenvalue weighted by Gasteiger charge is -2.26. The zero-order valence-electron chi connectivity index (χ0n) is 14.0. The lowest BCUT2D eigenvalue weighted by molar-refractivity contribution is 0.447. The Labute approximate surface area is 140 Å². The first-order valence-corrected chi connectivity index (χ1v) is 10.4. The smallest absolute Gasteiger partial charge is 0.00448 e. The van der Waals surface area contributed by atoms with Crippen LogP contribution >= 0.6 is 11.8 Å². The number of fused-ring (bicyclic) bond motifs is 1. The summed E-state index contributed by atoms with van der Waals surface area (Å²) >= 11 is 2.14. The molecule has 0 saturated heterocycles. The average molecular weight is 318 g/mol. The molecule has 122 valence electrons. The van der Waals surface area contributed by atoms with E-state index in [0.29, 0.717) is 6.04 Å². The maximum absolute atomic E-state index is 6.08. The van der Waals surface area contributed by atoms with E-state index in [1.807, 2.05) is 0 Å². The predicted octanol–water partition coefficient (Wildman–Crippen LogP) is 4.92. The van der Waals surface area contributed by atoms with E-state index in [1.54, 1.807) is 16.7 Å². The van der Waals surface area contributed by atoms with Crippen LogP contribution in [0.1, 0.15) is 68.1 Å². The molecular weight excluding hydrogens is 286 g/mol. The second kappa shape index (κ2) is 7.88. The van der Waals surface area contributed by atoms with Gasteiger partial charge in [-0.15, -0.1) is 0 Å². The van der Waals surface area contributed by atoms with Crippen molar-refractivity contribution in [1.29, 1.82) is 0 Å². The third-order valence-electron chi connectivity index (χ3n) is 5.52. The van der Waals surface area contributed by atoms with Gasteiger partial charge in [-0.1, -0.05) is 25.1 Å². The van der Waals surface area contributed by atoms with Crippen LogP contribution in [0.15, 0.2) is 18.2 Å². The highest BCUT2D eigenvalue weighted by Gasteiger charge is 2.25. The highest BCUT2D eigenvalue weighted by Crippen LogP contribution is 2.36. The molecule has 1 aromatic carbocycles. The van der Waals surface area contributed by atoms with E-state index in [1.165, 1.54) is 62.9 Å². The van der Waals surface area contributed by atoms with E-state index in [2.05, 4.69) is 36.9 Å². The summed E-state index contributed by atoms with van der Waals surface area (Å²) in [6.07, 6.45) is 10.4. The third-order valence-corrected chi connectivity index (χ3v) is 6.75. The summed E-state index contributed by atoms with van der Waals surface area (Å²) < 4.78 is 0. The molecule has 0 radical (unpaired) electrons. The van der Waals surface area contributed by atoms with Crippen LogP contribution in [-0.2, 0) is 12.8 Å². The Kier molecular flexibility index (Phi) is 5.87. The molecule has 1 aromatic rings. The van der Waals surface area contributed by atoms with Crippen molar-refractivity contribution >= 4 is 11.8 Å². The Morgan fingerprint density at radius 3 is 2.82 bits per heavy atom. The Hall–Kier alpha value is -0.470. The molecule has 0 aromatic heterocycles. The number of nitrogens with two attached hydrogens (primary N) is 1. The van der Waals surface area contributed by atoms with Crippen LogP contribution in [-0.4, -0.2) is 17.5 Å². The minimum atomic E-state index is 0.436. The number of rotatable bonds is 6. The summed E-state index contributed by atoms with van der Waals surface area (Å²) in [5.41, 5.74) is 10.9. The molecule has 3 atom stereocenters. The third kappa shape index (κ3) is 4.08. The second-order valence-corrected chi connectivity index (χ2v) is 8.53.